The van der Waals surface area contributed by atoms with E-state index in [-0.39, 0.29) is 12.3 Å². The van der Waals surface area contributed by atoms with Crippen molar-refractivity contribution in [1.29, 1.82) is 0 Å². The van der Waals surface area contributed by atoms with E-state index in [0.29, 0.717) is 0 Å². The molecular formula is C20H50N2O5S. The lowest BCUT2D eigenvalue weighted by Gasteiger charge is -2.05. The van der Waals surface area contributed by atoms with Gasteiger partial charge in [0.05, 0.1) is 0 Å². The summed E-state index contributed by atoms with van der Waals surface area (Å²) in [5.74, 6) is 0. The normalized spacial score (nSPS) is 10.4. The maximum Gasteiger partial charge on any atom is 0.394 e. The highest BCUT2D eigenvalue weighted by Crippen LogP contribution is 2.10. The molecule has 0 amide bonds. The van der Waals surface area contributed by atoms with Crippen molar-refractivity contribution in [3.8, 4) is 0 Å². The Hall–Kier alpha value is -0.250. The van der Waals surface area contributed by atoms with Gasteiger partial charge in [-0.25, -0.2) is 0 Å². The molecule has 8 N–H and O–H groups in total. The summed E-state index contributed by atoms with van der Waals surface area (Å²) in [7, 11) is -4.67. The summed E-state index contributed by atoms with van der Waals surface area (Å²) in [6, 6.07) is 0. The van der Waals surface area contributed by atoms with Gasteiger partial charge in [-0.3, -0.25) is 9.11 Å². The molecule has 0 spiro atoms. The van der Waals surface area contributed by atoms with Gasteiger partial charge in [0.25, 0.3) is 0 Å². The third-order valence-electron chi connectivity index (χ3n) is 4.28. The number of hydrogen-bond donors (Lipinski definition) is 4. The van der Waals surface area contributed by atoms with Crippen molar-refractivity contribution in [3.05, 3.63) is 0 Å². The van der Waals surface area contributed by atoms with Crippen molar-refractivity contribution in [1.82, 2.24) is 12.3 Å². The Morgan fingerprint density at radius 1 is 0.536 bits per heavy atom. The van der Waals surface area contributed by atoms with Crippen LogP contribution in [0.5, 0.6) is 0 Å². The molecule has 0 bridgehead atoms. The first-order chi connectivity index (χ1) is 12.4. The maximum absolute atomic E-state index is 8.74. The smallest absolute Gasteiger partial charge is 0.381 e. The molecule has 7 nitrogen and oxygen atoms in total. The molecule has 0 aliphatic heterocycles. The number of hydrogen-bond acceptors (Lipinski definition) is 5. The summed E-state index contributed by atoms with van der Waals surface area (Å²) >= 11 is 0. The molecule has 28 heavy (non-hydrogen) atoms. The Morgan fingerprint density at radius 3 is 1.00 bits per heavy atom. The molecule has 0 aliphatic carbocycles. The Labute approximate surface area is 175 Å². The molecule has 176 valence electrons. The summed E-state index contributed by atoms with van der Waals surface area (Å²) in [4.78, 5) is 0. The summed E-state index contributed by atoms with van der Waals surface area (Å²) in [5.41, 5.74) is 0. The van der Waals surface area contributed by atoms with Gasteiger partial charge in [-0.15, -0.1) is 0 Å². The van der Waals surface area contributed by atoms with Crippen LogP contribution >= 0.6 is 0 Å². The van der Waals surface area contributed by atoms with Gasteiger partial charge in [0.15, 0.2) is 0 Å². The minimum Gasteiger partial charge on any atom is -0.381 e. The van der Waals surface area contributed by atoms with E-state index in [1.165, 1.54) is 103 Å². The van der Waals surface area contributed by atoms with Gasteiger partial charge in [-0.05, 0) is 12.8 Å². The van der Waals surface area contributed by atoms with Gasteiger partial charge in [-0.1, -0.05) is 104 Å². The highest BCUT2D eigenvalue weighted by molar-refractivity contribution is 7.79. The molecule has 8 heteroatoms. The highest BCUT2D eigenvalue weighted by atomic mass is 32.3. The quantitative estimate of drug-likeness (QED) is 0.135. The van der Waals surface area contributed by atoms with Crippen LogP contribution in [0.4, 0.5) is 0 Å². The van der Waals surface area contributed by atoms with Crippen molar-refractivity contribution >= 4 is 10.4 Å². The van der Waals surface area contributed by atoms with Gasteiger partial charge >= 0.3 is 10.4 Å². The number of unbranched alkanes of at least 4 members (excludes halogenated alkanes) is 14. The monoisotopic (exact) mass is 430 g/mol. The second kappa shape index (κ2) is 29.0. The summed E-state index contributed by atoms with van der Waals surface area (Å²) in [6.45, 7) is 6.55. The fraction of sp³-hybridized carbons (Fsp3) is 1.00. The predicted molar refractivity (Wildman–Crippen MR) is 120 cm³/mol. The third kappa shape index (κ3) is 50.1. The van der Waals surface area contributed by atoms with Crippen LogP contribution in [0, 0.1) is 0 Å². The molecule has 0 unspecified atom stereocenters. The molecule has 0 heterocycles. The maximum atomic E-state index is 8.74. The fourth-order valence-electron chi connectivity index (χ4n) is 2.78. The molecule has 0 aliphatic rings. The van der Waals surface area contributed by atoms with Gasteiger partial charge in [-0.2, -0.15) is 8.42 Å². The van der Waals surface area contributed by atoms with Crippen LogP contribution in [0.2, 0.25) is 0 Å². The van der Waals surface area contributed by atoms with E-state index in [1.54, 1.807) is 0 Å². The largest absolute Gasteiger partial charge is 0.394 e. The molecule has 0 saturated heterocycles. The zero-order chi connectivity index (χ0) is 19.9. The zero-order valence-electron chi connectivity index (χ0n) is 18.7. The van der Waals surface area contributed by atoms with Crippen LogP contribution in [0.3, 0.4) is 0 Å². The Bertz CT molecular complexity index is 329. The van der Waals surface area contributed by atoms with E-state index < -0.39 is 10.4 Å². The molecule has 0 radical (unpaired) electrons. The Morgan fingerprint density at radius 2 is 0.750 bits per heavy atom. The van der Waals surface area contributed by atoms with Gasteiger partial charge in [0.2, 0.25) is 0 Å². The lowest BCUT2D eigenvalue weighted by atomic mass is 10.1. The highest BCUT2D eigenvalue weighted by Gasteiger charge is 1.94. The van der Waals surface area contributed by atoms with Crippen LogP contribution in [0.25, 0.3) is 0 Å². The van der Waals surface area contributed by atoms with E-state index in [9.17, 15) is 0 Å². The first-order valence-corrected chi connectivity index (χ1v) is 12.1. The summed E-state index contributed by atoms with van der Waals surface area (Å²) < 4.78 is 37.3. The predicted octanol–water partition coefficient (Wildman–Crippen LogP) is 6.96. The number of rotatable bonds is 18. The van der Waals surface area contributed by atoms with Gasteiger partial charge in [0.1, 0.15) is 0 Å². The van der Waals surface area contributed by atoms with Crippen LogP contribution < -0.4 is 12.3 Å². The molecule has 0 rings (SSSR count). The lowest BCUT2D eigenvalue weighted by Crippen LogP contribution is -1.97. The first-order valence-electron chi connectivity index (χ1n) is 10.7. The van der Waals surface area contributed by atoms with Crippen LogP contribution in [-0.2, 0) is 15.1 Å². The van der Waals surface area contributed by atoms with Crippen LogP contribution in [-0.4, -0.2) is 30.7 Å². The van der Waals surface area contributed by atoms with Gasteiger partial charge in [0, 0.05) is 13.2 Å². The van der Waals surface area contributed by atoms with E-state index in [0.717, 1.165) is 13.2 Å². The average Bonchev–Trinajstić information content (AvgIpc) is 2.56. The molecule has 0 saturated carbocycles. The summed E-state index contributed by atoms with van der Waals surface area (Å²) in [5, 5.41) is 0. The molecule has 0 aromatic heterocycles. The second-order valence-electron chi connectivity index (χ2n) is 7.01. The third-order valence-corrected chi connectivity index (χ3v) is 4.28. The fourth-order valence-corrected chi connectivity index (χ4v) is 2.78. The van der Waals surface area contributed by atoms with Crippen molar-refractivity contribution in [2.75, 3.05) is 13.2 Å². The minimum atomic E-state index is -4.67. The molecule has 0 atom stereocenters. The lowest BCUT2D eigenvalue weighted by molar-refractivity contribution is 0.125. The standard InChI is InChI=1S/C20H42O.2H3N.H2O4S/c1-3-5-7-9-11-13-15-17-19-21-20-18-16-14-12-10-8-6-4-2;;;1-5(2,3)4/h3-20H2,1-2H3;2*1H3;(H2,1,2,3,4). The minimum absolute atomic E-state index is 0. The van der Waals surface area contributed by atoms with E-state index >= 15 is 0 Å². The van der Waals surface area contributed by atoms with Crippen molar-refractivity contribution < 1.29 is 22.3 Å². The van der Waals surface area contributed by atoms with Crippen molar-refractivity contribution in [3.63, 3.8) is 0 Å². The number of ether oxygens (including phenoxy) is 1. The molecular weight excluding hydrogens is 380 g/mol. The second-order valence-corrected chi connectivity index (χ2v) is 7.91. The van der Waals surface area contributed by atoms with Crippen molar-refractivity contribution in [2.45, 2.75) is 117 Å². The van der Waals surface area contributed by atoms with Crippen LogP contribution in [0.15, 0.2) is 0 Å². The zero-order valence-corrected chi connectivity index (χ0v) is 19.5. The average molecular weight is 431 g/mol. The van der Waals surface area contributed by atoms with E-state index in [2.05, 4.69) is 13.8 Å². The van der Waals surface area contributed by atoms with Crippen molar-refractivity contribution in [2.24, 2.45) is 0 Å². The van der Waals surface area contributed by atoms with Crippen LogP contribution in [0.1, 0.15) is 117 Å². The Balaban J connectivity index is -0.000000364. The molecule has 0 aromatic carbocycles. The van der Waals surface area contributed by atoms with E-state index in [4.69, 9.17) is 22.3 Å². The van der Waals surface area contributed by atoms with E-state index in [1.807, 2.05) is 0 Å². The molecule has 0 fully saturated rings. The Kier molecular flexibility index (Phi) is 36.4. The summed E-state index contributed by atoms with van der Waals surface area (Å²) in [6.07, 6.45) is 22.2. The van der Waals surface area contributed by atoms with Gasteiger partial charge < -0.3 is 17.0 Å². The molecule has 0 aromatic rings. The SMILES string of the molecule is CCCCCCCCCCOCCCCCCCCCC.N.N.O=S(=O)(O)O. The topological polar surface area (TPSA) is 154 Å². The first kappa shape index (κ1) is 35.2.